The highest BCUT2D eigenvalue weighted by Crippen LogP contribution is 2.63. The van der Waals surface area contributed by atoms with E-state index in [1.807, 2.05) is 0 Å². The standard InChI is InChI=1S/C65H42N4/c1-4-19-43(20-5-1)46-25-18-26-49(39-46)68-60-33-16-12-29-52(60)53-40-47(36-38-61(53)68)48-35-37-57-63(41-48)69(64-66-58(44-21-6-2-7-22-44)42-59(67-64)45-23-8-3-9-24-45)62-34-17-15-32-56(62)65(57)54-30-13-10-27-50(54)51-28-11-14-31-55(51)65/h1-42H. The van der Waals surface area contributed by atoms with Gasteiger partial charge in [-0.05, 0) is 104 Å². The Hall–Kier alpha value is -9.12. The maximum atomic E-state index is 5.50. The summed E-state index contributed by atoms with van der Waals surface area (Å²) in [4.78, 5) is 13.3. The third-order valence-corrected chi connectivity index (χ3v) is 14.4. The van der Waals surface area contributed by atoms with Crippen LogP contribution < -0.4 is 4.90 Å². The average Bonchev–Trinajstić information content (AvgIpc) is 3.92. The molecule has 12 aromatic rings. The Morgan fingerprint density at radius 2 is 0.812 bits per heavy atom. The zero-order valence-electron chi connectivity index (χ0n) is 37.5. The van der Waals surface area contributed by atoms with Crippen molar-refractivity contribution in [2.75, 3.05) is 4.90 Å². The zero-order chi connectivity index (χ0) is 45.5. The molecule has 0 bridgehead atoms. The molecule has 4 nitrogen and oxygen atoms in total. The highest BCUT2D eigenvalue weighted by atomic mass is 15.3. The van der Waals surface area contributed by atoms with Crippen molar-refractivity contribution in [2.24, 2.45) is 0 Å². The van der Waals surface area contributed by atoms with Crippen molar-refractivity contribution in [3.05, 3.63) is 277 Å². The number of hydrogen-bond acceptors (Lipinski definition) is 3. The van der Waals surface area contributed by atoms with Crippen LogP contribution in [-0.2, 0) is 5.41 Å². The van der Waals surface area contributed by atoms with Crippen LogP contribution in [0.25, 0.3) is 83.4 Å². The highest BCUT2D eigenvalue weighted by molar-refractivity contribution is 6.11. The lowest BCUT2D eigenvalue weighted by Gasteiger charge is -2.44. The first-order chi connectivity index (χ1) is 34.2. The molecule has 2 aromatic heterocycles. The molecule has 0 radical (unpaired) electrons. The van der Waals surface area contributed by atoms with Crippen LogP contribution in [0.4, 0.5) is 17.3 Å². The van der Waals surface area contributed by atoms with Crippen LogP contribution in [0.5, 0.6) is 0 Å². The van der Waals surface area contributed by atoms with E-state index in [-0.39, 0.29) is 0 Å². The number of benzene rings is 10. The quantitative estimate of drug-likeness (QED) is 0.167. The first kappa shape index (κ1) is 39.1. The SMILES string of the molecule is c1ccc(-c2cccc(-n3c4ccccc4c4cc(-c5ccc6c(c5)N(c5nc(-c7ccccc7)cc(-c7ccccc7)n5)c5ccccc5C65c6ccccc6-c6ccccc65)ccc43)c2)cc1. The number of aromatic nitrogens is 3. The summed E-state index contributed by atoms with van der Waals surface area (Å²) in [6, 6.07) is 92.3. The lowest BCUT2D eigenvalue weighted by Crippen LogP contribution is -2.36. The molecule has 0 saturated heterocycles. The Morgan fingerprint density at radius 3 is 1.51 bits per heavy atom. The van der Waals surface area contributed by atoms with Crippen LogP contribution in [0.15, 0.2) is 255 Å². The van der Waals surface area contributed by atoms with Gasteiger partial charge in [-0.15, -0.1) is 0 Å². The van der Waals surface area contributed by atoms with E-state index in [9.17, 15) is 0 Å². The molecule has 69 heavy (non-hydrogen) atoms. The Bertz CT molecular complexity index is 3860. The smallest absolute Gasteiger partial charge is 0.235 e. The Labute approximate surface area is 400 Å². The lowest BCUT2D eigenvalue weighted by molar-refractivity contribution is 0.750. The van der Waals surface area contributed by atoms with Gasteiger partial charge in [0.25, 0.3) is 0 Å². The van der Waals surface area contributed by atoms with Gasteiger partial charge >= 0.3 is 0 Å². The molecule has 0 amide bonds. The second-order valence-electron chi connectivity index (χ2n) is 18.1. The van der Waals surface area contributed by atoms with E-state index in [4.69, 9.17) is 9.97 Å². The molecule has 14 rings (SSSR count). The molecular formula is C65H42N4. The van der Waals surface area contributed by atoms with Crippen LogP contribution in [0.1, 0.15) is 22.3 Å². The maximum absolute atomic E-state index is 5.50. The van der Waals surface area contributed by atoms with Crippen LogP contribution >= 0.6 is 0 Å². The van der Waals surface area contributed by atoms with Crippen molar-refractivity contribution in [1.82, 2.24) is 14.5 Å². The lowest BCUT2D eigenvalue weighted by atomic mass is 9.64. The zero-order valence-corrected chi connectivity index (χ0v) is 37.5. The largest absolute Gasteiger partial charge is 0.309 e. The first-order valence-corrected chi connectivity index (χ1v) is 23.7. The summed E-state index contributed by atoms with van der Waals surface area (Å²) in [6.45, 7) is 0. The summed E-state index contributed by atoms with van der Waals surface area (Å²) >= 11 is 0. The van der Waals surface area contributed by atoms with Crippen LogP contribution in [0, 0.1) is 0 Å². The van der Waals surface area contributed by atoms with Gasteiger partial charge in [-0.2, -0.15) is 0 Å². The Morgan fingerprint density at radius 1 is 0.304 bits per heavy atom. The van der Waals surface area contributed by atoms with E-state index in [2.05, 4.69) is 264 Å². The van der Waals surface area contributed by atoms with E-state index in [0.717, 1.165) is 56.2 Å². The number of rotatable bonds is 6. The van der Waals surface area contributed by atoms with Gasteiger partial charge in [-0.1, -0.05) is 206 Å². The average molecular weight is 879 g/mol. The molecule has 4 heteroatoms. The van der Waals surface area contributed by atoms with Crippen molar-refractivity contribution < 1.29 is 0 Å². The molecule has 0 fully saturated rings. The molecule has 2 aliphatic rings. The number of para-hydroxylation sites is 2. The van der Waals surface area contributed by atoms with Gasteiger partial charge in [0, 0.05) is 27.6 Å². The van der Waals surface area contributed by atoms with E-state index in [1.54, 1.807) is 0 Å². The van der Waals surface area contributed by atoms with E-state index < -0.39 is 5.41 Å². The summed E-state index contributed by atoms with van der Waals surface area (Å²) in [7, 11) is 0. The summed E-state index contributed by atoms with van der Waals surface area (Å²) in [5, 5.41) is 2.42. The van der Waals surface area contributed by atoms with Gasteiger partial charge < -0.3 is 4.57 Å². The van der Waals surface area contributed by atoms with Gasteiger partial charge in [-0.3, -0.25) is 4.90 Å². The molecule has 0 atom stereocenters. The van der Waals surface area contributed by atoms with Gasteiger partial charge in [-0.25, -0.2) is 9.97 Å². The molecule has 0 saturated carbocycles. The summed E-state index contributed by atoms with van der Waals surface area (Å²) in [5.41, 5.74) is 20.9. The minimum atomic E-state index is -0.598. The summed E-state index contributed by atoms with van der Waals surface area (Å²) < 4.78 is 2.41. The minimum absolute atomic E-state index is 0.598. The first-order valence-electron chi connectivity index (χ1n) is 23.7. The molecule has 1 spiro atoms. The summed E-state index contributed by atoms with van der Waals surface area (Å²) in [5.74, 6) is 0.617. The second kappa shape index (κ2) is 15.5. The predicted octanol–water partition coefficient (Wildman–Crippen LogP) is 16.4. The van der Waals surface area contributed by atoms with E-state index in [1.165, 1.54) is 60.8 Å². The topological polar surface area (TPSA) is 34.0 Å². The highest BCUT2D eigenvalue weighted by Gasteiger charge is 2.52. The molecule has 0 unspecified atom stereocenters. The monoisotopic (exact) mass is 878 g/mol. The minimum Gasteiger partial charge on any atom is -0.309 e. The fourth-order valence-electron chi connectivity index (χ4n) is 11.4. The predicted molar refractivity (Wildman–Crippen MR) is 284 cm³/mol. The fraction of sp³-hybridized carbons (Fsp3) is 0.0154. The normalized spacial score (nSPS) is 13.0. The fourth-order valence-corrected chi connectivity index (χ4v) is 11.4. The maximum Gasteiger partial charge on any atom is 0.235 e. The van der Waals surface area contributed by atoms with Gasteiger partial charge in [0.05, 0.1) is 39.2 Å². The third kappa shape index (κ3) is 5.95. The summed E-state index contributed by atoms with van der Waals surface area (Å²) in [6.07, 6.45) is 0. The van der Waals surface area contributed by atoms with Crippen molar-refractivity contribution in [3.63, 3.8) is 0 Å². The van der Waals surface area contributed by atoms with Crippen LogP contribution in [-0.4, -0.2) is 14.5 Å². The number of nitrogens with zero attached hydrogens (tertiary/aromatic N) is 4. The number of hydrogen-bond donors (Lipinski definition) is 0. The molecular weight excluding hydrogens is 837 g/mol. The van der Waals surface area contributed by atoms with Crippen molar-refractivity contribution in [1.29, 1.82) is 0 Å². The van der Waals surface area contributed by atoms with Crippen molar-refractivity contribution in [2.45, 2.75) is 5.41 Å². The van der Waals surface area contributed by atoms with E-state index >= 15 is 0 Å². The van der Waals surface area contributed by atoms with Gasteiger partial charge in [0.2, 0.25) is 5.95 Å². The molecule has 1 aliphatic heterocycles. The van der Waals surface area contributed by atoms with Gasteiger partial charge in [0.15, 0.2) is 0 Å². The Balaban J connectivity index is 1.02. The van der Waals surface area contributed by atoms with Crippen molar-refractivity contribution >= 4 is 39.1 Å². The molecule has 10 aromatic carbocycles. The Kier molecular flexibility index (Phi) is 8.77. The molecule has 1 aliphatic carbocycles. The molecule has 0 N–H and O–H groups in total. The van der Waals surface area contributed by atoms with E-state index in [0.29, 0.717) is 5.95 Å². The molecule has 322 valence electrons. The number of anilines is 3. The van der Waals surface area contributed by atoms with Crippen LogP contribution in [0.3, 0.4) is 0 Å². The van der Waals surface area contributed by atoms with Crippen LogP contribution in [0.2, 0.25) is 0 Å². The number of fused-ring (bicyclic) bond motifs is 12. The van der Waals surface area contributed by atoms with Crippen molar-refractivity contribution in [3.8, 4) is 61.6 Å². The third-order valence-electron chi connectivity index (χ3n) is 14.4. The second-order valence-corrected chi connectivity index (χ2v) is 18.1. The van der Waals surface area contributed by atoms with Gasteiger partial charge in [0.1, 0.15) is 0 Å². The molecule has 3 heterocycles.